The Balaban J connectivity index is 3.20. The smallest absolute Gasteiger partial charge is 0.306 e. The van der Waals surface area contributed by atoms with E-state index in [1.54, 1.807) is 0 Å². The predicted molar refractivity (Wildman–Crippen MR) is 88.1 cm³/mol. The molecule has 0 aliphatic rings. The summed E-state index contributed by atoms with van der Waals surface area (Å²) >= 11 is 0. The van der Waals surface area contributed by atoms with E-state index in [1.807, 2.05) is 0 Å². The van der Waals surface area contributed by atoms with Gasteiger partial charge in [-0.1, -0.05) is 44.9 Å². The van der Waals surface area contributed by atoms with Crippen molar-refractivity contribution in [3.63, 3.8) is 0 Å². The van der Waals surface area contributed by atoms with Crippen LogP contribution in [-0.4, -0.2) is 36.0 Å². The summed E-state index contributed by atoms with van der Waals surface area (Å²) in [5.74, 6) is -1.16. The minimum Gasteiger partial charge on any atom is -0.481 e. The van der Waals surface area contributed by atoms with Crippen LogP contribution < -0.4 is 5.73 Å². The van der Waals surface area contributed by atoms with Gasteiger partial charge in [0, 0.05) is 12.8 Å². The molecule has 0 aromatic rings. The van der Waals surface area contributed by atoms with Crippen molar-refractivity contribution >= 4 is 17.7 Å². The van der Waals surface area contributed by atoms with Crippen LogP contribution in [0.4, 0.5) is 0 Å². The van der Waals surface area contributed by atoms with Crippen LogP contribution in [0.2, 0.25) is 0 Å². The van der Waals surface area contributed by atoms with E-state index >= 15 is 0 Å². The highest BCUT2D eigenvalue weighted by molar-refractivity contribution is 5.84. The number of ketones is 1. The van der Waals surface area contributed by atoms with Crippen LogP contribution in [0, 0.1) is 0 Å². The van der Waals surface area contributed by atoms with E-state index in [0.717, 1.165) is 51.4 Å². The van der Waals surface area contributed by atoms with Crippen LogP contribution in [0.3, 0.4) is 0 Å². The van der Waals surface area contributed by atoms with Gasteiger partial charge in [0.05, 0.1) is 19.6 Å². The van der Waals surface area contributed by atoms with Crippen LogP contribution in [0.1, 0.15) is 77.0 Å². The molecule has 3 N–H and O–H groups in total. The second-order valence-corrected chi connectivity index (χ2v) is 5.79. The highest BCUT2D eigenvalue weighted by Crippen LogP contribution is 2.10. The maximum Gasteiger partial charge on any atom is 0.306 e. The topological polar surface area (TPSA) is 107 Å². The number of hydrogen-bond donors (Lipinski definition) is 2. The van der Waals surface area contributed by atoms with Gasteiger partial charge in [0.15, 0.2) is 0 Å². The lowest BCUT2D eigenvalue weighted by molar-refractivity contribution is -0.144. The van der Waals surface area contributed by atoms with Crippen molar-refractivity contribution in [1.29, 1.82) is 0 Å². The first-order valence-corrected chi connectivity index (χ1v) is 8.65. The fourth-order valence-corrected chi connectivity index (χ4v) is 2.22. The lowest BCUT2D eigenvalue weighted by Gasteiger charge is -2.05. The van der Waals surface area contributed by atoms with Gasteiger partial charge in [0.25, 0.3) is 0 Å². The second kappa shape index (κ2) is 15.5. The Bertz CT molecular complexity index is 344. The second-order valence-electron chi connectivity index (χ2n) is 5.79. The molecule has 0 aromatic heterocycles. The van der Waals surface area contributed by atoms with Gasteiger partial charge >= 0.3 is 11.9 Å². The molecule has 0 aliphatic heterocycles. The summed E-state index contributed by atoms with van der Waals surface area (Å²) in [7, 11) is 0. The van der Waals surface area contributed by atoms with E-state index in [1.165, 1.54) is 6.42 Å². The van der Waals surface area contributed by atoms with Crippen LogP contribution in [0.5, 0.6) is 0 Å². The van der Waals surface area contributed by atoms with Crippen LogP contribution in [0.15, 0.2) is 0 Å². The molecule has 6 nitrogen and oxygen atoms in total. The number of carboxylic acid groups (broad SMARTS) is 1. The van der Waals surface area contributed by atoms with Gasteiger partial charge in [-0.25, -0.2) is 0 Å². The number of aliphatic carboxylic acids is 1. The van der Waals surface area contributed by atoms with E-state index in [-0.39, 0.29) is 37.6 Å². The third-order valence-corrected chi connectivity index (χ3v) is 3.63. The van der Waals surface area contributed by atoms with Crippen molar-refractivity contribution in [3.8, 4) is 0 Å². The number of Topliss-reactive ketones (excluding diaryl/α,β-unsaturated/α-hetero) is 1. The number of nitrogens with two attached hydrogens (primary N) is 1. The highest BCUT2D eigenvalue weighted by atomic mass is 16.5. The summed E-state index contributed by atoms with van der Waals surface area (Å²) < 4.78 is 5.05. The Morgan fingerprint density at radius 1 is 0.739 bits per heavy atom. The molecule has 0 bridgehead atoms. The molecule has 0 atom stereocenters. The third kappa shape index (κ3) is 16.8. The molecular weight excluding hydrogens is 298 g/mol. The number of hydrogen-bond acceptors (Lipinski definition) is 5. The fourth-order valence-electron chi connectivity index (χ4n) is 2.22. The van der Waals surface area contributed by atoms with Gasteiger partial charge in [-0.2, -0.15) is 0 Å². The first-order chi connectivity index (χ1) is 11.1. The van der Waals surface area contributed by atoms with E-state index in [0.29, 0.717) is 6.61 Å². The van der Waals surface area contributed by atoms with Gasteiger partial charge in [-0.05, 0) is 12.8 Å². The number of carboxylic acids is 1. The third-order valence-electron chi connectivity index (χ3n) is 3.63. The maximum absolute atomic E-state index is 11.3. The Kier molecular flexibility index (Phi) is 14.5. The summed E-state index contributed by atoms with van der Waals surface area (Å²) in [5.41, 5.74) is 5.16. The molecule has 0 spiro atoms. The van der Waals surface area contributed by atoms with Gasteiger partial charge in [-0.15, -0.1) is 0 Å². The SMILES string of the molecule is NCC(=O)CCC(=O)OCCCCCCCCCCCC(=O)O. The van der Waals surface area contributed by atoms with E-state index in [2.05, 4.69) is 0 Å². The van der Waals surface area contributed by atoms with Gasteiger partial charge in [0.1, 0.15) is 5.78 Å². The Hall–Kier alpha value is -1.43. The molecule has 0 rings (SSSR count). The lowest BCUT2D eigenvalue weighted by atomic mass is 10.1. The van der Waals surface area contributed by atoms with Crippen molar-refractivity contribution in [2.24, 2.45) is 5.73 Å². The zero-order chi connectivity index (χ0) is 17.3. The monoisotopic (exact) mass is 329 g/mol. The normalized spacial score (nSPS) is 10.5. The number of unbranched alkanes of at least 4 members (excludes halogenated alkanes) is 8. The molecule has 134 valence electrons. The quantitative estimate of drug-likeness (QED) is 0.333. The van der Waals surface area contributed by atoms with Gasteiger partial charge in [-0.3, -0.25) is 14.4 Å². The number of carbonyl (C=O) groups is 3. The fraction of sp³-hybridized carbons (Fsp3) is 0.824. The summed E-state index contributed by atoms with van der Waals surface area (Å²) in [6, 6.07) is 0. The lowest BCUT2D eigenvalue weighted by Crippen LogP contribution is -2.15. The zero-order valence-corrected chi connectivity index (χ0v) is 14.1. The Morgan fingerprint density at radius 2 is 1.26 bits per heavy atom. The first-order valence-electron chi connectivity index (χ1n) is 8.65. The largest absolute Gasteiger partial charge is 0.481 e. The molecule has 23 heavy (non-hydrogen) atoms. The average Bonchev–Trinajstić information content (AvgIpc) is 2.53. The summed E-state index contributed by atoms with van der Waals surface area (Å²) in [6.45, 7) is 0.400. The minimum atomic E-state index is -0.711. The molecule has 0 amide bonds. The standard InChI is InChI=1S/C17H31NO5/c18-14-15(19)11-12-17(22)23-13-9-7-5-3-1-2-4-6-8-10-16(20)21/h1-14,18H2,(H,20,21). The van der Waals surface area contributed by atoms with Gasteiger partial charge in [0.2, 0.25) is 0 Å². The van der Waals surface area contributed by atoms with Crippen molar-refractivity contribution in [2.75, 3.05) is 13.2 Å². The summed E-state index contributed by atoms with van der Waals surface area (Å²) in [6.07, 6.45) is 9.95. The van der Waals surface area contributed by atoms with Crippen LogP contribution >= 0.6 is 0 Å². The molecule has 0 aromatic carbocycles. The van der Waals surface area contributed by atoms with E-state index in [4.69, 9.17) is 15.6 Å². The Labute approximate surface area is 138 Å². The molecule has 0 aliphatic carbocycles. The summed E-state index contributed by atoms with van der Waals surface area (Å²) in [4.78, 5) is 32.6. The number of rotatable bonds is 16. The molecule has 6 heteroatoms. The van der Waals surface area contributed by atoms with Gasteiger partial charge < -0.3 is 15.6 Å². The molecule has 0 fully saturated rings. The number of carbonyl (C=O) groups excluding carboxylic acids is 2. The minimum absolute atomic E-state index is 0.0210. The van der Waals surface area contributed by atoms with E-state index in [9.17, 15) is 14.4 Å². The molecule has 0 radical (unpaired) electrons. The molecular formula is C17H31NO5. The average molecular weight is 329 g/mol. The molecule has 0 saturated heterocycles. The molecule has 0 saturated carbocycles. The van der Waals surface area contributed by atoms with Crippen molar-refractivity contribution in [3.05, 3.63) is 0 Å². The number of esters is 1. The van der Waals surface area contributed by atoms with Crippen molar-refractivity contribution < 1.29 is 24.2 Å². The van der Waals surface area contributed by atoms with Crippen molar-refractivity contribution in [1.82, 2.24) is 0 Å². The Morgan fingerprint density at radius 3 is 1.78 bits per heavy atom. The highest BCUT2D eigenvalue weighted by Gasteiger charge is 2.06. The zero-order valence-electron chi connectivity index (χ0n) is 14.1. The molecule has 0 heterocycles. The molecule has 0 unspecified atom stereocenters. The summed E-state index contributed by atoms with van der Waals surface area (Å²) in [5, 5.41) is 8.51. The predicted octanol–water partition coefficient (Wildman–Crippen LogP) is 2.82. The maximum atomic E-state index is 11.3. The van der Waals surface area contributed by atoms with Crippen molar-refractivity contribution in [2.45, 2.75) is 77.0 Å². The number of ether oxygens (including phenoxy) is 1. The first kappa shape index (κ1) is 21.6. The van der Waals surface area contributed by atoms with Crippen LogP contribution in [0.25, 0.3) is 0 Å². The van der Waals surface area contributed by atoms with E-state index < -0.39 is 5.97 Å². The van der Waals surface area contributed by atoms with Crippen LogP contribution in [-0.2, 0) is 19.1 Å².